The van der Waals surface area contributed by atoms with Crippen molar-refractivity contribution in [1.82, 2.24) is 19.7 Å². The molecular formula is C23H25N5O. The molecule has 0 unspecified atom stereocenters. The SMILES string of the molecule is Cc1cc(C)n(CCC(=O)Nc2ccc(CCc3nc4ccccc4[nH]3)cc2)n1. The Hall–Kier alpha value is -3.41. The number of aromatic nitrogens is 4. The molecule has 6 heteroatoms. The third kappa shape index (κ3) is 4.71. The van der Waals surface area contributed by atoms with Crippen molar-refractivity contribution in [3.05, 3.63) is 77.4 Å². The number of carbonyl (C=O) groups excluding carboxylic acids is 1. The number of para-hydroxylation sites is 2. The van der Waals surface area contributed by atoms with E-state index >= 15 is 0 Å². The highest BCUT2D eigenvalue weighted by molar-refractivity contribution is 5.90. The van der Waals surface area contributed by atoms with Crippen LogP contribution in [0.3, 0.4) is 0 Å². The van der Waals surface area contributed by atoms with Crippen LogP contribution in [0.5, 0.6) is 0 Å². The second kappa shape index (κ2) is 8.31. The van der Waals surface area contributed by atoms with Gasteiger partial charge in [-0.3, -0.25) is 9.48 Å². The summed E-state index contributed by atoms with van der Waals surface area (Å²) in [5.41, 5.74) is 6.15. The van der Waals surface area contributed by atoms with Gasteiger partial charge in [-0.2, -0.15) is 5.10 Å². The normalized spacial score (nSPS) is 11.1. The maximum Gasteiger partial charge on any atom is 0.226 e. The van der Waals surface area contributed by atoms with E-state index in [0.717, 1.165) is 46.8 Å². The number of benzene rings is 2. The lowest BCUT2D eigenvalue weighted by Crippen LogP contribution is -2.15. The zero-order valence-electron chi connectivity index (χ0n) is 16.8. The Kier molecular flexibility index (Phi) is 5.42. The highest BCUT2D eigenvalue weighted by Crippen LogP contribution is 2.14. The van der Waals surface area contributed by atoms with Crippen LogP contribution in [-0.4, -0.2) is 25.7 Å². The molecule has 0 fully saturated rings. The predicted molar refractivity (Wildman–Crippen MR) is 115 cm³/mol. The fourth-order valence-corrected chi connectivity index (χ4v) is 3.47. The number of nitrogens with one attached hydrogen (secondary N) is 2. The van der Waals surface area contributed by atoms with E-state index in [2.05, 4.69) is 32.5 Å². The van der Waals surface area contributed by atoms with Crippen LogP contribution < -0.4 is 5.32 Å². The standard InChI is InChI=1S/C23H25N5O/c1-16-15-17(2)28(27-16)14-13-23(29)24-19-10-7-18(8-11-19)9-12-22-25-20-5-3-4-6-21(20)26-22/h3-8,10-11,15H,9,12-14H2,1-2H3,(H,24,29)(H,25,26). The molecule has 4 rings (SSSR count). The Balaban J connectivity index is 1.28. The lowest BCUT2D eigenvalue weighted by molar-refractivity contribution is -0.116. The molecule has 2 heterocycles. The quantitative estimate of drug-likeness (QED) is 0.499. The van der Waals surface area contributed by atoms with Crippen molar-refractivity contribution in [1.29, 1.82) is 0 Å². The number of imidazole rings is 1. The Bertz CT molecular complexity index is 1090. The number of carbonyl (C=O) groups is 1. The first-order valence-corrected chi connectivity index (χ1v) is 9.90. The van der Waals surface area contributed by atoms with Crippen molar-refractivity contribution in [3.63, 3.8) is 0 Å². The van der Waals surface area contributed by atoms with Gasteiger partial charge in [-0.15, -0.1) is 0 Å². The number of aryl methyl sites for hydroxylation is 5. The fourth-order valence-electron chi connectivity index (χ4n) is 3.47. The van der Waals surface area contributed by atoms with Crippen molar-refractivity contribution < 1.29 is 4.79 Å². The smallest absolute Gasteiger partial charge is 0.226 e. The van der Waals surface area contributed by atoms with E-state index in [0.29, 0.717) is 13.0 Å². The van der Waals surface area contributed by atoms with E-state index in [1.165, 1.54) is 5.56 Å². The van der Waals surface area contributed by atoms with Crippen LogP contribution in [0.15, 0.2) is 54.6 Å². The zero-order chi connectivity index (χ0) is 20.2. The van der Waals surface area contributed by atoms with Gasteiger partial charge >= 0.3 is 0 Å². The highest BCUT2D eigenvalue weighted by Gasteiger charge is 2.07. The van der Waals surface area contributed by atoms with Crippen LogP contribution in [0.2, 0.25) is 0 Å². The Morgan fingerprint density at radius 2 is 1.86 bits per heavy atom. The summed E-state index contributed by atoms with van der Waals surface area (Å²) in [5, 5.41) is 7.35. The molecule has 0 saturated carbocycles. The molecule has 2 N–H and O–H groups in total. The monoisotopic (exact) mass is 387 g/mol. The van der Waals surface area contributed by atoms with Crippen LogP contribution in [0.1, 0.15) is 29.2 Å². The van der Waals surface area contributed by atoms with E-state index < -0.39 is 0 Å². The van der Waals surface area contributed by atoms with Gasteiger partial charge in [0.25, 0.3) is 0 Å². The summed E-state index contributed by atoms with van der Waals surface area (Å²) in [6, 6.07) is 18.1. The van der Waals surface area contributed by atoms with Gasteiger partial charge in [0.15, 0.2) is 0 Å². The number of nitrogens with zero attached hydrogens (tertiary/aromatic N) is 3. The molecule has 2 aromatic carbocycles. The molecular weight excluding hydrogens is 362 g/mol. The minimum absolute atomic E-state index is 0.00687. The van der Waals surface area contributed by atoms with Crippen molar-refractivity contribution in [2.24, 2.45) is 0 Å². The van der Waals surface area contributed by atoms with Crippen molar-refractivity contribution in [3.8, 4) is 0 Å². The van der Waals surface area contributed by atoms with Crippen LogP contribution in [-0.2, 0) is 24.2 Å². The maximum atomic E-state index is 12.2. The third-order valence-electron chi connectivity index (χ3n) is 4.98. The topological polar surface area (TPSA) is 75.6 Å². The van der Waals surface area contributed by atoms with Gasteiger partial charge < -0.3 is 10.3 Å². The molecule has 0 aliphatic rings. The summed E-state index contributed by atoms with van der Waals surface area (Å²) in [4.78, 5) is 20.2. The fraction of sp³-hybridized carbons (Fsp3) is 0.261. The van der Waals surface area contributed by atoms with Crippen LogP contribution in [0, 0.1) is 13.8 Å². The molecule has 0 spiro atoms. The number of H-pyrrole nitrogens is 1. The molecule has 0 aliphatic heterocycles. The van der Waals surface area contributed by atoms with Gasteiger partial charge in [-0.25, -0.2) is 4.98 Å². The summed E-state index contributed by atoms with van der Waals surface area (Å²) in [7, 11) is 0. The summed E-state index contributed by atoms with van der Waals surface area (Å²) in [5.74, 6) is 0.986. The first-order chi connectivity index (χ1) is 14.1. The van der Waals surface area contributed by atoms with Crippen molar-refractivity contribution in [2.75, 3.05) is 5.32 Å². The third-order valence-corrected chi connectivity index (χ3v) is 4.98. The average molecular weight is 387 g/mol. The molecule has 0 atom stereocenters. The zero-order valence-corrected chi connectivity index (χ0v) is 16.8. The van der Waals surface area contributed by atoms with Gasteiger partial charge in [0.2, 0.25) is 5.91 Å². The van der Waals surface area contributed by atoms with E-state index in [4.69, 9.17) is 0 Å². The van der Waals surface area contributed by atoms with E-state index in [-0.39, 0.29) is 5.91 Å². The lowest BCUT2D eigenvalue weighted by atomic mass is 10.1. The van der Waals surface area contributed by atoms with Gasteiger partial charge in [-0.05, 0) is 56.2 Å². The summed E-state index contributed by atoms with van der Waals surface area (Å²) in [6.07, 6.45) is 2.14. The Morgan fingerprint density at radius 1 is 1.07 bits per heavy atom. The molecule has 0 bridgehead atoms. The minimum atomic E-state index is -0.00687. The Morgan fingerprint density at radius 3 is 2.59 bits per heavy atom. The van der Waals surface area contributed by atoms with E-state index in [1.54, 1.807) is 0 Å². The summed E-state index contributed by atoms with van der Waals surface area (Å²) in [6.45, 7) is 4.54. The first kappa shape index (κ1) is 18.9. The maximum absolute atomic E-state index is 12.2. The molecule has 29 heavy (non-hydrogen) atoms. The van der Waals surface area contributed by atoms with Gasteiger partial charge in [0.1, 0.15) is 5.82 Å². The minimum Gasteiger partial charge on any atom is -0.342 e. The van der Waals surface area contributed by atoms with Crippen molar-refractivity contribution >= 4 is 22.6 Å². The number of aromatic amines is 1. The number of hydrogen-bond donors (Lipinski definition) is 2. The van der Waals surface area contributed by atoms with Gasteiger partial charge in [-0.1, -0.05) is 24.3 Å². The van der Waals surface area contributed by atoms with E-state index in [1.807, 2.05) is 61.0 Å². The summed E-state index contributed by atoms with van der Waals surface area (Å²) < 4.78 is 1.87. The molecule has 4 aromatic rings. The van der Waals surface area contributed by atoms with Crippen molar-refractivity contribution in [2.45, 2.75) is 39.7 Å². The average Bonchev–Trinajstić information content (AvgIpc) is 3.27. The first-order valence-electron chi connectivity index (χ1n) is 9.90. The second-order valence-electron chi connectivity index (χ2n) is 7.35. The number of fused-ring (bicyclic) bond motifs is 1. The molecule has 0 saturated heterocycles. The molecule has 148 valence electrons. The van der Waals surface area contributed by atoms with Crippen LogP contribution in [0.4, 0.5) is 5.69 Å². The summed E-state index contributed by atoms with van der Waals surface area (Å²) >= 11 is 0. The Labute approximate surface area is 170 Å². The number of hydrogen-bond acceptors (Lipinski definition) is 3. The van der Waals surface area contributed by atoms with Crippen LogP contribution >= 0.6 is 0 Å². The molecule has 1 amide bonds. The number of anilines is 1. The second-order valence-corrected chi connectivity index (χ2v) is 7.35. The molecule has 2 aromatic heterocycles. The van der Waals surface area contributed by atoms with E-state index in [9.17, 15) is 4.79 Å². The number of amides is 1. The molecule has 0 radical (unpaired) electrons. The van der Waals surface area contributed by atoms with Gasteiger partial charge in [0.05, 0.1) is 16.7 Å². The molecule has 0 aliphatic carbocycles. The molecule has 6 nitrogen and oxygen atoms in total. The highest BCUT2D eigenvalue weighted by atomic mass is 16.1. The largest absolute Gasteiger partial charge is 0.342 e. The lowest BCUT2D eigenvalue weighted by Gasteiger charge is -2.07. The van der Waals surface area contributed by atoms with Gasteiger partial charge in [0, 0.05) is 30.8 Å². The number of rotatable bonds is 7. The predicted octanol–water partition coefficient (Wildman–Crippen LogP) is 4.19. The van der Waals surface area contributed by atoms with Crippen LogP contribution in [0.25, 0.3) is 11.0 Å².